The summed E-state index contributed by atoms with van der Waals surface area (Å²) >= 11 is 0. The van der Waals surface area contributed by atoms with E-state index in [2.05, 4.69) is 20.9 Å². The number of nitrogens with one attached hydrogen (secondary N) is 3. The van der Waals surface area contributed by atoms with Crippen molar-refractivity contribution in [3.63, 3.8) is 0 Å². The number of guanidine groups is 1. The van der Waals surface area contributed by atoms with Gasteiger partial charge in [0.05, 0.1) is 6.54 Å². The van der Waals surface area contributed by atoms with Gasteiger partial charge >= 0.3 is 0 Å². The molecule has 0 heterocycles. The molecular weight excluding hydrogens is 422 g/mol. The topological polar surface area (TPSA) is 65.5 Å². The fourth-order valence-corrected chi connectivity index (χ4v) is 1.98. The van der Waals surface area contributed by atoms with Crippen LogP contribution in [0.3, 0.4) is 0 Å². The third-order valence-corrected chi connectivity index (χ3v) is 3.17. The molecule has 0 aliphatic carbocycles. The van der Waals surface area contributed by atoms with Gasteiger partial charge in [-0.2, -0.15) is 0 Å². The Morgan fingerprint density at radius 2 is 1.88 bits per heavy atom. The predicted molar refractivity (Wildman–Crippen MR) is 107 cm³/mol. The molecule has 0 unspecified atom stereocenters. The van der Waals surface area contributed by atoms with E-state index in [1.807, 2.05) is 19.9 Å². The summed E-state index contributed by atoms with van der Waals surface area (Å²) in [6, 6.07) is 6.75. The summed E-state index contributed by atoms with van der Waals surface area (Å²) < 4.78 is 13.5. The van der Waals surface area contributed by atoms with Gasteiger partial charge in [0.1, 0.15) is 5.82 Å². The van der Waals surface area contributed by atoms with Crippen LogP contribution in [0.15, 0.2) is 29.3 Å². The van der Waals surface area contributed by atoms with E-state index in [9.17, 15) is 9.18 Å². The molecule has 0 radical (unpaired) electrons. The third kappa shape index (κ3) is 9.69. The summed E-state index contributed by atoms with van der Waals surface area (Å²) in [6.07, 6.45) is 1.87. The Hall–Kier alpha value is -1.38. The zero-order valence-corrected chi connectivity index (χ0v) is 16.7. The predicted octanol–water partition coefficient (Wildman–Crippen LogP) is 2.46. The van der Waals surface area contributed by atoms with Crippen molar-refractivity contribution >= 4 is 35.8 Å². The molecular formula is C17H28FIN4O. The Kier molecular flexibility index (Phi) is 13.2. The van der Waals surface area contributed by atoms with Crippen LogP contribution in [0.5, 0.6) is 0 Å². The Morgan fingerprint density at radius 1 is 1.12 bits per heavy atom. The lowest BCUT2D eigenvalue weighted by Crippen LogP contribution is -2.38. The normalized spacial score (nSPS) is 10.7. The Balaban J connectivity index is 0.00000529. The lowest BCUT2D eigenvalue weighted by molar-refractivity contribution is -0.120. The number of carbonyl (C=O) groups excluding carboxylic acids is 1. The first-order valence-electron chi connectivity index (χ1n) is 8.19. The number of hydrogen-bond acceptors (Lipinski definition) is 2. The molecule has 0 aromatic heterocycles. The highest BCUT2D eigenvalue weighted by Gasteiger charge is 2.03. The van der Waals surface area contributed by atoms with Gasteiger partial charge in [-0.05, 0) is 31.4 Å². The van der Waals surface area contributed by atoms with Gasteiger partial charge in [0.15, 0.2) is 5.96 Å². The zero-order valence-electron chi connectivity index (χ0n) is 14.4. The summed E-state index contributed by atoms with van der Waals surface area (Å²) in [5, 5.41) is 9.09. The van der Waals surface area contributed by atoms with Gasteiger partial charge in [-0.15, -0.1) is 24.0 Å². The number of nitrogens with zero attached hydrogens (tertiary/aromatic N) is 1. The first-order chi connectivity index (χ1) is 11.2. The van der Waals surface area contributed by atoms with Gasteiger partial charge in [0, 0.05) is 26.1 Å². The second kappa shape index (κ2) is 14.0. The van der Waals surface area contributed by atoms with Crippen LogP contribution in [0, 0.1) is 5.82 Å². The van der Waals surface area contributed by atoms with Crippen molar-refractivity contribution in [1.29, 1.82) is 0 Å². The fraction of sp³-hybridized carbons (Fsp3) is 0.529. The van der Waals surface area contributed by atoms with Crippen molar-refractivity contribution in [2.24, 2.45) is 4.99 Å². The summed E-state index contributed by atoms with van der Waals surface area (Å²) in [5.74, 6) is 0.466. The molecule has 1 aromatic carbocycles. The molecule has 136 valence electrons. The van der Waals surface area contributed by atoms with Crippen LogP contribution in [-0.2, 0) is 11.2 Å². The lowest BCUT2D eigenvalue weighted by Gasteiger charge is -2.11. The first-order valence-corrected chi connectivity index (χ1v) is 8.19. The van der Waals surface area contributed by atoms with Crippen LogP contribution < -0.4 is 16.0 Å². The van der Waals surface area contributed by atoms with Crippen molar-refractivity contribution < 1.29 is 9.18 Å². The second-order valence-electron chi connectivity index (χ2n) is 5.13. The number of amides is 1. The van der Waals surface area contributed by atoms with Crippen LogP contribution in [-0.4, -0.2) is 38.0 Å². The van der Waals surface area contributed by atoms with E-state index < -0.39 is 0 Å². The smallest absolute Gasteiger partial charge is 0.221 e. The summed E-state index contributed by atoms with van der Waals surface area (Å²) in [7, 11) is 0. The average molecular weight is 450 g/mol. The SMILES string of the molecule is CCCNC(=O)CCN=C(NCC)NCCc1ccccc1F.I. The molecule has 1 rings (SSSR count). The highest BCUT2D eigenvalue weighted by molar-refractivity contribution is 14.0. The highest BCUT2D eigenvalue weighted by Crippen LogP contribution is 2.05. The molecule has 1 amide bonds. The van der Waals surface area contributed by atoms with Crippen molar-refractivity contribution in [3.8, 4) is 0 Å². The maximum Gasteiger partial charge on any atom is 0.221 e. The second-order valence-corrected chi connectivity index (χ2v) is 5.13. The van der Waals surface area contributed by atoms with Crippen molar-refractivity contribution in [2.45, 2.75) is 33.1 Å². The van der Waals surface area contributed by atoms with Crippen LogP contribution in [0.1, 0.15) is 32.3 Å². The van der Waals surface area contributed by atoms with Gasteiger partial charge in [0.25, 0.3) is 0 Å². The van der Waals surface area contributed by atoms with Gasteiger partial charge < -0.3 is 16.0 Å². The van der Waals surface area contributed by atoms with Gasteiger partial charge in [0.2, 0.25) is 5.91 Å². The third-order valence-electron chi connectivity index (χ3n) is 3.17. The monoisotopic (exact) mass is 450 g/mol. The van der Waals surface area contributed by atoms with Crippen molar-refractivity contribution in [1.82, 2.24) is 16.0 Å². The zero-order chi connectivity index (χ0) is 16.9. The minimum atomic E-state index is -0.191. The van der Waals surface area contributed by atoms with E-state index in [0.717, 1.165) is 13.0 Å². The number of halogens is 2. The largest absolute Gasteiger partial charge is 0.357 e. The minimum absolute atomic E-state index is 0. The molecule has 0 spiro atoms. The summed E-state index contributed by atoms with van der Waals surface area (Å²) in [6.45, 7) is 6.42. The molecule has 0 saturated heterocycles. The van der Waals surface area contributed by atoms with E-state index in [4.69, 9.17) is 0 Å². The van der Waals surface area contributed by atoms with E-state index in [-0.39, 0.29) is 35.7 Å². The standard InChI is InChI=1S/C17H27FN4O.HI/c1-3-11-20-16(23)10-13-22-17(19-4-2)21-12-9-14-7-5-6-8-15(14)18;/h5-8H,3-4,9-13H2,1-2H3,(H,20,23)(H2,19,21,22);1H. The maximum atomic E-state index is 13.5. The molecule has 7 heteroatoms. The quantitative estimate of drug-likeness (QED) is 0.308. The number of carbonyl (C=O) groups is 1. The Labute approximate surface area is 160 Å². The van der Waals surface area contributed by atoms with Crippen molar-refractivity contribution in [3.05, 3.63) is 35.6 Å². The maximum absolute atomic E-state index is 13.5. The number of rotatable bonds is 9. The number of hydrogen-bond donors (Lipinski definition) is 3. The van der Waals surface area contributed by atoms with Crippen LogP contribution in [0.25, 0.3) is 0 Å². The van der Waals surface area contributed by atoms with E-state index in [1.54, 1.807) is 12.1 Å². The average Bonchev–Trinajstić information content (AvgIpc) is 2.54. The Bertz CT molecular complexity index is 511. The van der Waals surface area contributed by atoms with Gasteiger partial charge in [-0.1, -0.05) is 25.1 Å². The number of aliphatic imine (C=N–C) groups is 1. The van der Waals surface area contributed by atoms with E-state index >= 15 is 0 Å². The van der Waals surface area contributed by atoms with Crippen LogP contribution in [0.2, 0.25) is 0 Å². The molecule has 0 bridgehead atoms. The number of benzene rings is 1. The molecule has 0 aliphatic rings. The molecule has 24 heavy (non-hydrogen) atoms. The molecule has 0 aliphatic heterocycles. The van der Waals surface area contributed by atoms with Gasteiger partial charge in [-0.25, -0.2) is 4.39 Å². The minimum Gasteiger partial charge on any atom is -0.357 e. The molecule has 3 N–H and O–H groups in total. The highest BCUT2D eigenvalue weighted by atomic mass is 127. The Morgan fingerprint density at radius 3 is 2.54 bits per heavy atom. The first kappa shape index (κ1) is 22.6. The van der Waals surface area contributed by atoms with Crippen LogP contribution in [0.4, 0.5) is 4.39 Å². The summed E-state index contributed by atoms with van der Waals surface area (Å²) in [5.41, 5.74) is 0.676. The lowest BCUT2D eigenvalue weighted by atomic mass is 10.1. The molecule has 0 saturated carbocycles. The van der Waals surface area contributed by atoms with E-state index in [1.165, 1.54) is 6.07 Å². The van der Waals surface area contributed by atoms with Gasteiger partial charge in [-0.3, -0.25) is 9.79 Å². The molecule has 0 atom stereocenters. The fourth-order valence-electron chi connectivity index (χ4n) is 1.98. The van der Waals surface area contributed by atoms with Crippen molar-refractivity contribution in [2.75, 3.05) is 26.2 Å². The van der Waals surface area contributed by atoms with Crippen LogP contribution >= 0.6 is 24.0 Å². The summed E-state index contributed by atoms with van der Waals surface area (Å²) in [4.78, 5) is 15.9. The molecule has 0 fully saturated rings. The molecule has 1 aromatic rings. The molecule has 5 nitrogen and oxygen atoms in total. The van der Waals surface area contributed by atoms with E-state index in [0.29, 0.717) is 44.0 Å².